The molecule has 1 saturated heterocycles. The normalized spacial score (nSPS) is 14.8. The van der Waals surface area contributed by atoms with Crippen molar-refractivity contribution < 1.29 is 14.1 Å². The molecule has 142 valence electrons. The SMILES string of the molecule is Cc1c(NC(=O)CN2CCN(c3ccc(F)cc3)CC2)cccc1[N+](=O)[O-]. The summed E-state index contributed by atoms with van der Waals surface area (Å²) in [4.78, 5) is 27.0. The third kappa shape index (κ3) is 4.59. The molecule has 0 bridgehead atoms. The van der Waals surface area contributed by atoms with Crippen molar-refractivity contribution in [1.82, 2.24) is 4.90 Å². The molecule has 0 spiro atoms. The van der Waals surface area contributed by atoms with Gasteiger partial charge in [-0.1, -0.05) is 6.07 Å². The number of hydrogen-bond acceptors (Lipinski definition) is 5. The van der Waals surface area contributed by atoms with Gasteiger partial charge in [-0.3, -0.25) is 19.8 Å². The van der Waals surface area contributed by atoms with Gasteiger partial charge in [-0.05, 0) is 37.3 Å². The Labute approximate surface area is 156 Å². The second-order valence-corrected chi connectivity index (χ2v) is 6.49. The number of carbonyl (C=O) groups excluding carboxylic acids is 1. The number of nitro benzene ring substituents is 1. The van der Waals surface area contributed by atoms with Crippen LogP contribution in [0.5, 0.6) is 0 Å². The summed E-state index contributed by atoms with van der Waals surface area (Å²) < 4.78 is 13.0. The molecule has 1 heterocycles. The van der Waals surface area contributed by atoms with Gasteiger partial charge in [0.05, 0.1) is 22.7 Å². The maximum absolute atomic E-state index is 13.0. The maximum Gasteiger partial charge on any atom is 0.274 e. The zero-order chi connectivity index (χ0) is 19.4. The van der Waals surface area contributed by atoms with E-state index >= 15 is 0 Å². The van der Waals surface area contributed by atoms with E-state index < -0.39 is 4.92 Å². The van der Waals surface area contributed by atoms with Crippen molar-refractivity contribution in [1.29, 1.82) is 0 Å². The van der Waals surface area contributed by atoms with Crippen LogP contribution in [-0.4, -0.2) is 48.5 Å². The molecule has 0 aliphatic carbocycles. The topological polar surface area (TPSA) is 78.7 Å². The van der Waals surface area contributed by atoms with Gasteiger partial charge < -0.3 is 10.2 Å². The molecule has 1 amide bonds. The second-order valence-electron chi connectivity index (χ2n) is 6.49. The number of rotatable bonds is 5. The van der Waals surface area contributed by atoms with Crippen molar-refractivity contribution in [2.24, 2.45) is 0 Å². The Morgan fingerprint density at radius 3 is 2.44 bits per heavy atom. The van der Waals surface area contributed by atoms with E-state index in [1.165, 1.54) is 18.2 Å². The molecule has 1 fully saturated rings. The molecule has 2 aromatic carbocycles. The number of halogens is 1. The standard InChI is InChI=1S/C19H21FN4O3/c1-14-17(3-2-4-18(14)24(26)27)21-19(25)13-22-9-11-23(12-10-22)16-7-5-15(20)6-8-16/h2-8H,9-13H2,1H3,(H,21,25). The zero-order valence-corrected chi connectivity index (χ0v) is 15.0. The molecule has 27 heavy (non-hydrogen) atoms. The van der Waals surface area contributed by atoms with Gasteiger partial charge in [0.25, 0.3) is 5.69 Å². The van der Waals surface area contributed by atoms with Crippen LogP contribution in [0.1, 0.15) is 5.56 Å². The molecule has 7 nitrogen and oxygen atoms in total. The van der Waals surface area contributed by atoms with Gasteiger partial charge in [0.15, 0.2) is 0 Å². The van der Waals surface area contributed by atoms with Gasteiger partial charge in [0.1, 0.15) is 5.82 Å². The molecular weight excluding hydrogens is 351 g/mol. The Morgan fingerprint density at radius 1 is 1.15 bits per heavy atom. The summed E-state index contributed by atoms with van der Waals surface area (Å²) in [6.07, 6.45) is 0. The number of nitrogens with zero attached hydrogens (tertiary/aromatic N) is 3. The highest BCUT2D eigenvalue weighted by Crippen LogP contribution is 2.25. The fraction of sp³-hybridized carbons (Fsp3) is 0.316. The van der Waals surface area contributed by atoms with E-state index in [4.69, 9.17) is 0 Å². The predicted octanol–water partition coefficient (Wildman–Crippen LogP) is 2.80. The first-order valence-electron chi connectivity index (χ1n) is 8.71. The molecule has 1 N–H and O–H groups in total. The van der Waals surface area contributed by atoms with Crippen LogP contribution in [0.2, 0.25) is 0 Å². The number of hydrogen-bond donors (Lipinski definition) is 1. The molecule has 0 aromatic heterocycles. The van der Waals surface area contributed by atoms with Crippen LogP contribution in [0, 0.1) is 22.9 Å². The Morgan fingerprint density at radius 2 is 1.81 bits per heavy atom. The van der Waals surface area contributed by atoms with Crippen molar-refractivity contribution in [2.75, 3.05) is 42.9 Å². The molecule has 3 rings (SSSR count). The van der Waals surface area contributed by atoms with Crippen molar-refractivity contribution in [3.05, 3.63) is 64.0 Å². The quantitative estimate of drug-likeness (QED) is 0.645. The van der Waals surface area contributed by atoms with Crippen LogP contribution >= 0.6 is 0 Å². The first-order chi connectivity index (χ1) is 12.9. The average Bonchev–Trinajstić information content (AvgIpc) is 2.64. The van der Waals surface area contributed by atoms with E-state index in [9.17, 15) is 19.3 Å². The third-order valence-electron chi connectivity index (χ3n) is 4.71. The molecule has 0 atom stereocenters. The molecule has 0 radical (unpaired) electrons. The van der Waals surface area contributed by atoms with Crippen LogP contribution in [0.15, 0.2) is 42.5 Å². The fourth-order valence-electron chi connectivity index (χ4n) is 3.17. The number of anilines is 2. The monoisotopic (exact) mass is 372 g/mol. The zero-order valence-electron chi connectivity index (χ0n) is 15.0. The van der Waals surface area contributed by atoms with Crippen LogP contribution in [0.25, 0.3) is 0 Å². The highest BCUT2D eigenvalue weighted by atomic mass is 19.1. The van der Waals surface area contributed by atoms with E-state index in [0.29, 0.717) is 24.3 Å². The van der Waals surface area contributed by atoms with E-state index in [1.807, 2.05) is 4.90 Å². The molecule has 1 aliphatic rings. The minimum atomic E-state index is -0.459. The molecule has 0 saturated carbocycles. The smallest absolute Gasteiger partial charge is 0.274 e. The van der Waals surface area contributed by atoms with E-state index in [-0.39, 0.29) is 24.0 Å². The Balaban J connectivity index is 1.53. The van der Waals surface area contributed by atoms with Gasteiger partial charge in [-0.15, -0.1) is 0 Å². The summed E-state index contributed by atoms with van der Waals surface area (Å²) >= 11 is 0. The Hall–Kier alpha value is -3.00. The van der Waals surface area contributed by atoms with Gasteiger partial charge >= 0.3 is 0 Å². The van der Waals surface area contributed by atoms with E-state index in [1.54, 1.807) is 31.2 Å². The maximum atomic E-state index is 13.0. The summed E-state index contributed by atoms with van der Waals surface area (Å²) in [6, 6.07) is 11.0. The number of nitrogens with one attached hydrogen (secondary N) is 1. The number of nitro groups is 1. The fourth-order valence-corrected chi connectivity index (χ4v) is 3.17. The van der Waals surface area contributed by atoms with Crippen LogP contribution in [0.4, 0.5) is 21.5 Å². The van der Waals surface area contributed by atoms with E-state index in [0.717, 1.165) is 18.8 Å². The van der Waals surface area contributed by atoms with Crippen LogP contribution in [-0.2, 0) is 4.79 Å². The predicted molar refractivity (Wildman–Crippen MR) is 102 cm³/mol. The number of benzene rings is 2. The first-order valence-corrected chi connectivity index (χ1v) is 8.71. The Kier molecular flexibility index (Phi) is 5.66. The summed E-state index contributed by atoms with van der Waals surface area (Å²) in [6.45, 7) is 4.75. The number of piperazine rings is 1. The highest BCUT2D eigenvalue weighted by molar-refractivity contribution is 5.93. The van der Waals surface area contributed by atoms with E-state index in [2.05, 4.69) is 10.2 Å². The lowest BCUT2D eigenvalue weighted by molar-refractivity contribution is -0.385. The average molecular weight is 372 g/mol. The summed E-state index contributed by atoms with van der Waals surface area (Å²) in [5, 5.41) is 13.8. The second kappa shape index (κ2) is 8.13. The molecule has 1 aliphatic heterocycles. The molecular formula is C19H21FN4O3. The van der Waals surface area contributed by atoms with Crippen molar-refractivity contribution in [3.63, 3.8) is 0 Å². The molecule has 8 heteroatoms. The minimum absolute atomic E-state index is 0.0132. The minimum Gasteiger partial charge on any atom is -0.369 e. The first kappa shape index (κ1) is 18.8. The van der Waals surface area contributed by atoms with Crippen molar-refractivity contribution in [3.8, 4) is 0 Å². The van der Waals surface area contributed by atoms with Crippen molar-refractivity contribution in [2.45, 2.75) is 6.92 Å². The Bertz CT molecular complexity index is 833. The highest BCUT2D eigenvalue weighted by Gasteiger charge is 2.20. The number of carbonyl (C=O) groups is 1. The number of amides is 1. The van der Waals surface area contributed by atoms with Gasteiger partial charge in [-0.2, -0.15) is 0 Å². The van der Waals surface area contributed by atoms with Crippen LogP contribution < -0.4 is 10.2 Å². The van der Waals surface area contributed by atoms with Gasteiger partial charge in [0.2, 0.25) is 5.91 Å². The largest absolute Gasteiger partial charge is 0.369 e. The third-order valence-corrected chi connectivity index (χ3v) is 4.71. The lowest BCUT2D eigenvalue weighted by atomic mass is 10.1. The summed E-state index contributed by atoms with van der Waals surface area (Å²) in [5.74, 6) is -0.459. The summed E-state index contributed by atoms with van der Waals surface area (Å²) in [7, 11) is 0. The van der Waals surface area contributed by atoms with Crippen molar-refractivity contribution >= 4 is 23.0 Å². The van der Waals surface area contributed by atoms with Crippen LogP contribution in [0.3, 0.4) is 0 Å². The van der Waals surface area contributed by atoms with Gasteiger partial charge in [-0.25, -0.2) is 4.39 Å². The lowest BCUT2D eigenvalue weighted by Crippen LogP contribution is -2.48. The summed E-state index contributed by atoms with van der Waals surface area (Å²) in [5.41, 5.74) is 1.85. The molecule has 0 unspecified atom stereocenters. The lowest BCUT2D eigenvalue weighted by Gasteiger charge is -2.35. The van der Waals surface area contributed by atoms with Gasteiger partial charge in [0, 0.05) is 37.9 Å². The molecule has 2 aromatic rings.